The van der Waals surface area contributed by atoms with Crippen LogP contribution in [0.2, 0.25) is 0 Å². The smallest absolute Gasteiger partial charge is 0.102 e. The maximum Gasteiger partial charge on any atom is 0.102 e. The molecule has 0 amide bonds. The minimum Gasteiger partial charge on any atom is -0.517 e. The zero-order chi connectivity index (χ0) is 20.7. The molecule has 158 valence electrons. The van der Waals surface area contributed by atoms with E-state index in [1.54, 1.807) is 0 Å². The number of rotatable bonds is 3. The Labute approximate surface area is 202 Å². The van der Waals surface area contributed by atoms with Gasteiger partial charge < -0.3 is 29.6 Å². The summed E-state index contributed by atoms with van der Waals surface area (Å²) < 4.78 is 4.47. The Bertz CT molecular complexity index is 806. The van der Waals surface area contributed by atoms with Crippen LogP contribution in [0.1, 0.15) is 0 Å². The quantitative estimate of drug-likeness (QED) is 0.130. The molecule has 4 rings (SSSR count). The molecule has 0 aromatic heterocycles. The number of hydrogen-bond acceptors (Lipinski definition) is 3. The Morgan fingerprint density at radius 1 is 0.700 bits per heavy atom. The van der Waals surface area contributed by atoms with Gasteiger partial charge in [-0.15, -0.1) is 0 Å². The molecular weight excluding hydrogens is 470 g/mol. The van der Waals surface area contributed by atoms with Crippen molar-refractivity contribution >= 4 is 53.1 Å². The maximum absolute atomic E-state index is 4.30. The van der Waals surface area contributed by atoms with Crippen LogP contribution in [-0.4, -0.2) is 11.5 Å². The van der Waals surface area contributed by atoms with Gasteiger partial charge in [0.05, 0.1) is 15.0 Å². The Morgan fingerprint density at radius 2 is 1.00 bits per heavy atom. The second kappa shape index (κ2) is 15.8. The number of thiocarbonyl (C=S) groups is 1. The van der Waals surface area contributed by atoms with Crippen LogP contribution in [-0.2, 0) is 33.9 Å². The second-order valence-corrected chi connectivity index (χ2v) is 9.37. The minimum atomic E-state index is -0.877. The largest absolute Gasteiger partial charge is 0.517 e. The number of ether oxygens (including phenoxy) is 1. The summed E-state index contributed by atoms with van der Waals surface area (Å²) in [5.74, 6) is 0. The van der Waals surface area contributed by atoms with E-state index in [-0.39, 0.29) is 20.9 Å². The van der Waals surface area contributed by atoms with E-state index in [1.165, 1.54) is 23.0 Å². The maximum atomic E-state index is 4.30. The zero-order valence-electron chi connectivity index (χ0n) is 16.6. The average molecular weight is 494 g/mol. The normalized spacial score (nSPS) is 9.13. The first-order chi connectivity index (χ1) is 14.2. The van der Waals surface area contributed by atoms with Crippen molar-refractivity contribution in [3.63, 3.8) is 0 Å². The Hall–Kier alpha value is -1.96. The average Bonchev–Trinajstić information content (AvgIpc) is 3.37. The fourth-order valence-electron chi connectivity index (χ4n) is 2.64. The molecule has 30 heavy (non-hydrogen) atoms. The summed E-state index contributed by atoms with van der Waals surface area (Å²) in [6, 6.07) is 42.5. The molecule has 0 spiro atoms. The number of methoxy groups -OCH3 is 1. The van der Waals surface area contributed by atoms with Gasteiger partial charge in [0.1, 0.15) is 15.9 Å². The molecule has 0 aliphatic heterocycles. The van der Waals surface area contributed by atoms with Crippen molar-refractivity contribution < 1.29 is 21.2 Å². The fraction of sp³-hybridized carbons (Fsp3) is 0.0400. The molecule has 0 heterocycles. The van der Waals surface area contributed by atoms with Crippen LogP contribution in [0.5, 0.6) is 0 Å². The van der Waals surface area contributed by atoms with Gasteiger partial charge in [0.25, 0.3) is 0 Å². The molecular formula is C25H24NiOPS2-. The summed E-state index contributed by atoms with van der Waals surface area (Å²) in [7, 11) is 0.576. The standard InChI is InChI=1S/C18H15P.C5H5.C2H4OS2.Ni/c1-4-10-16(11-5-1)19(17-12-6-2-7-13-17)18-14-8-3-9-15-18;1-2-4-5-3-1;1-3-2(4)5;/h1-15H;1-5H;1H3,(H,4,5);/q;-1;;. The predicted molar refractivity (Wildman–Crippen MR) is 136 cm³/mol. The van der Waals surface area contributed by atoms with E-state index in [0.29, 0.717) is 0 Å². The van der Waals surface area contributed by atoms with Gasteiger partial charge in [-0.05, 0) is 36.4 Å². The van der Waals surface area contributed by atoms with Crippen molar-refractivity contribution in [2.75, 3.05) is 7.11 Å². The van der Waals surface area contributed by atoms with Crippen molar-refractivity contribution in [3.8, 4) is 0 Å². The van der Waals surface area contributed by atoms with Gasteiger partial charge in [-0.2, -0.15) is 18.2 Å². The topological polar surface area (TPSA) is 9.23 Å². The summed E-state index contributed by atoms with van der Waals surface area (Å²) in [6.07, 6.45) is 0. The molecule has 0 bridgehead atoms. The molecule has 4 aromatic carbocycles. The van der Waals surface area contributed by atoms with Gasteiger partial charge in [0.2, 0.25) is 0 Å². The molecule has 1 nitrogen and oxygen atoms in total. The molecule has 5 heteroatoms. The molecule has 4 aromatic rings. The molecule has 0 saturated heterocycles. The third-order valence-electron chi connectivity index (χ3n) is 3.91. The minimum absolute atomic E-state index is 0. The molecule has 0 aliphatic carbocycles. The van der Waals surface area contributed by atoms with Crippen LogP contribution in [0.3, 0.4) is 0 Å². The van der Waals surface area contributed by atoms with Gasteiger partial charge in [0.15, 0.2) is 0 Å². The third kappa shape index (κ3) is 9.70. The Kier molecular flexibility index (Phi) is 13.8. The monoisotopic (exact) mass is 493 g/mol. The van der Waals surface area contributed by atoms with Crippen molar-refractivity contribution in [1.82, 2.24) is 0 Å². The summed E-state index contributed by atoms with van der Waals surface area (Å²) >= 11 is 8.58. The summed E-state index contributed by atoms with van der Waals surface area (Å²) in [4.78, 5) is 0. The first-order valence-corrected chi connectivity index (χ1v) is 11.5. The third-order valence-corrected chi connectivity index (χ3v) is 6.97. The van der Waals surface area contributed by atoms with E-state index in [4.69, 9.17) is 0 Å². The fourth-order valence-corrected chi connectivity index (χ4v) is 5.21. The number of hydrogen-bond donors (Lipinski definition) is 0. The van der Waals surface area contributed by atoms with Crippen LogP contribution < -0.4 is 15.9 Å². The van der Waals surface area contributed by atoms with Gasteiger partial charge in [0, 0.05) is 20.9 Å². The Balaban J connectivity index is 0.000000340. The van der Waals surface area contributed by atoms with Crippen LogP contribution in [0.15, 0.2) is 121 Å². The second-order valence-electron chi connectivity index (χ2n) is 5.89. The van der Waals surface area contributed by atoms with E-state index in [0.717, 1.165) is 0 Å². The first-order valence-electron chi connectivity index (χ1n) is 9.17. The van der Waals surface area contributed by atoms with Gasteiger partial charge in [-0.3, -0.25) is 0 Å². The summed E-state index contributed by atoms with van der Waals surface area (Å²) in [5.41, 5.74) is 0. The Morgan fingerprint density at radius 3 is 1.20 bits per heavy atom. The zero-order valence-corrected chi connectivity index (χ0v) is 20.2. The van der Waals surface area contributed by atoms with Gasteiger partial charge in [-0.1, -0.05) is 54.6 Å². The molecule has 0 saturated carbocycles. The SMILES string of the molecule is COC(=S)[S-].[Ni].c1cc[cH-]c1.c1ccc([PH+](c2ccccc2)c2ccccc2)cc1. The molecule has 0 aliphatic rings. The van der Waals surface area contributed by atoms with Crippen molar-refractivity contribution in [2.45, 2.75) is 0 Å². The van der Waals surface area contributed by atoms with Crippen LogP contribution in [0.4, 0.5) is 0 Å². The molecule has 0 N–H and O–H groups in total. The molecule has 0 fully saturated rings. The van der Waals surface area contributed by atoms with Crippen LogP contribution in [0.25, 0.3) is 0 Å². The van der Waals surface area contributed by atoms with E-state index in [1.807, 2.05) is 30.3 Å². The van der Waals surface area contributed by atoms with E-state index >= 15 is 0 Å². The van der Waals surface area contributed by atoms with Crippen LogP contribution in [0, 0.1) is 0 Å². The predicted octanol–water partition coefficient (Wildman–Crippen LogP) is 5.04. The van der Waals surface area contributed by atoms with Crippen molar-refractivity contribution in [1.29, 1.82) is 0 Å². The van der Waals surface area contributed by atoms with E-state index in [9.17, 15) is 0 Å². The van der Waals surface area contributed by atoms with E-state index < -0.39 is 7.92 Å². The first kappa shape index (κ1) is 26.1. The van der Waals surface area contributed by atoms with Crippen molar-refractivity contribution in [2.24, 2.45) is 0 Å². The molecule has 0 unspecified atom stereocenters. The van der Waals surface area contributed by atoms with Crippen LogP contribution >= 0.6 is 20.1 Å². The van der Waals surface area contributed by atoms with E-state index in [2.05, 4.69) is 121 Å². The molecule has 0 atom stereocenters. The molecule has 0 radical (unpaired) electrons. The summed E-state index contributed by atoms with van der Waals surface area (Å²) in [5, 5.41) is 4.31. The van der Waals surface area contributed by atoms with Crippen molar-refractivity contribution in [3.05, 3.63) is 121 Å². The summed E-state index contributed by atoms with van der Waals surface area (Å²) in [6.45, 7) is 0. The van der Waals surface area contributed by atoms with Gasteiger partial charge >= 0.3 is 0 Å². The van der Waals surface area contributed by atoms with Gasteiger partial charge in [-0.25, -0.2) is 12.1 Å². The number of benzene rings is 3.